The van der Waals surface area contributed by atoms with Crippen molar-refractivity contribution < 1.29 is 9.90 Å². The zero-order chi connectivity index (χ0) is 9.26. The summed E-state index contributed by atoms with van der Waals surface area (Å²) in [5.41, 5.74) is 0.359. The van der Waals surface area contributed by atoms with E-state index in [1.165, 1.54) is 0 Å². The van der Waals surface area contributed by atoms with E-state index < -0.39 is 5.97 Å². The molecular formula is C11H8NaO2. The van der Waals surface area contributed by atoms with Crippen LogP contribution in [0.1, 0.15) is 10.4 Å². The van der Waals surface area contributed by atoms with Gasteiger partial charge in [-0.2, -0.15) is 0 Å². The smallest absolute Gasteiger partial charge is 0.336 e. The van der Waals surface area contributed by atoms with Crippen LogP contribution in [0.4, 0.5) is 0 Å². The molecule has 0 aliphatic carbocycles. The summed E-state index contributed by atoms with van der Waals surface area (Å²) in [5.74, 6) is -0.878. The molecule has 0 unspecified atom stereocenters. The molecule has 0 amide bonds. The third kappa shape index (κ3) is 1.98. The second kappa shape index (κ2) is 4.60. The van der Waals surface area contributed by atoms with Crippen LogP contribution in [0.2, 0.25) is 0 Å². The summed E-state index contributed by atoms with van der Waals surface area (Å²) in [4.78, 5) is 10.8. The Balaban J connectivity index is 0.000000980. The minimum Gasteiger partial charge on any atom is -0.478 e. The van der Waals surface area contributed by atoms with Gasteiger partial charge in [-0.3, -0.25) is 0 Å². The number of carboxylic acid groups (broad SMARTS) is 1. The normalized spacial score (nSPS) is 9.43. The molecule has 0 atom stereocenters. The minimum atomic E-state index is -0.878. The first kappa shape index (κ1) is 11.2. The molecule has 0 bridgehead atoms. The van der Waals surface area contributed by atoms with Crippen molar-refractivity contribution in [3.8, 4) is 0 Å². The van der Waals surface area contributed by atoms with Crippen LogP contribution in [-0.4, -0.2) is 40.6 Å². The summed E-state index contributed by atoms with van der Waals surface area (Å²) in [5, 5.41) is 10.6. The maximum absolute atomic E-state index is 10.8. The number of carboxylic acids is 1. The van der Waals surface area contributed by atoms with Crippen LogP contribution < -0.4 is 0 Å². The van der Waals surface area contributed by atoms with E-state index in [0.717, 1.165) is 10.8 Å². The Morgan fingerprint density at radius 2 is 1.64 bits per heavy atom. The molecule has 0 aromatic heterocycles. The van der Waals surface area contributed by atoms with Crippen LogP contribution in [0, 0.1) is 0 Å². The second-order valence-electron chi connectivity index (χ2n) is 2.83. The van der Waals surface area contributed by atoms with Gasteiger partial charge >= 0.3 is 5.97 Å². The van der Waals surface area contributed by atoms with Gasteiger partial charge in [0.25, 0.3) is 0 Å². The average Bonchev–Trinajstić information content (AvgIpc) is 2.17. The monoisotopic (exact) mass is 195 g/mol. The Bertz CT molecular complexity index is 460. The van der Waals surface area contributed by atoms with Crippen molar-refractivity contribution in [3.63, 3.8) is 0 Å². The maximum atomic E-state index is 10.8. The van der Waals surface area contributed by atoms with Gasteiger partial charge in [0.15, 0.2) is 0 Å². The number of hydrogen-bond acceptors (Lipinski definition) is 1. The first-order valence-electron chi connectivity index (χ1n) is 4.00. The third-order valence-electron chi connectivity index (χ3n) is 2.02. The van der Waals surface area contributed by atoms with Crippen molar-refractivity contribution in [1.82, 2.24) is 0 Å². The molecule has 3 heteroatoms. The topological polar surface area (TPSA) is 37.3 Å². The Labute approximate surface area is 104 Å². The summed E-state index contributed by atoms with van der Waals surface area (Å²) >= 11 is 0. The van der Waals surface area contributed by atoms with Crippen molar-refractivity contribution in [2.45, 2.75) is 0 Å². The quantitative estimate of drug-likeness (QED) is 0.708. The molecule has 0 saturated carbocycles. The molecule has 0 aliphatic rings. The molecule has 0 aliphatic heterocycles. The fourth-order valence-electron chi connectivity index (χ4n) is 1.41. The van der Waals surface area contributed by atoms with Gasteiger partial charge in [0, 0.05) is 29.6 Å². The summed E-state index contributed by atoms with van der Waals surface area (Å²) < 4.78 is 0. The van der Waals surface area contributed by atoms with Gasteiger partial charge in [-0.15, -0.1) is 0 Å². The van der Waals surface area contributed by atoms with Crippen LogP contribution >= 0.6 is 0 Å². The van der Waals surface area contributed by atoms with Crippen molar-refractivity contribution in [3.05, 3.63) is 48.0 Å². The molecule has 0 saturated heterocycles. The molecule has 0 spiro atoms. The largest absolute Gasteiger partial charge is 0.478 e. The molecule has 0 fully saturated rings. The Kier molecular flexibility index (Phi) is 3.69. The van der Waals surface area contributed by atoms with Crippen LogP contribution in [0.3, 0.4) is 0 Å². The van der Waals surface area contributed by atoms with E-state index in [1.807, 2.05) is 30.3 Å². The summed E-state index contributed by atoms with van der Waals surface area (Å²) in [6.07, 6.45) is 0. The molecule has 2 nitrogen and oxygen atoms in total. The van der Waals surface area contributed by atoms with Crippen LogP contribution in [-0.2, 0) is 0 Å². The molecule has 2 aromatic carbocycles. The first-order chi connectivity index (χ1) is 6.29. The molecule has 14 heavy (non-hydrogen) atoms. The Morgan fingerprint density at radius 3 is 2.36 bits per heavy atom. The van der Waals surface area contributed by atoms with E-state index in [1.54, 1.807) is 12.1 Å². The second-order valence-corrected chi connectivity index (χ2v) is 2.83. The van der Waals surface area contributed by atoms with E-state index in [2.05, 4.69) is 0 Å². The van der Waals surface area contributed by atoms with Crippen molar-refractivity contribution in [2.75, 3.05) is 0 Å². The SMILES string of the molecule is O=C(O)c1cccc2ccccc12.[Na]. The standard InChI is InChI=1S/C11H8O2.Na/c12-11(13)10-7-3-5-8-4-1-2-6-9(8)10;/h1-7H,(H,12,13);. The maximum Gasteiger partial charge on any atom is 0.336 e. The Morgan fingerprint density at radius 1 is 1.00 bits per heavy atom. The fourth-order valence-corrected chi connectivity index (χ4v) is 1.41. The fraction of sp³-hybridized carbons (Fsp3) is 0. The first-order valence-corrected chi connectivity index (χ1v) is 4.00. The predicted molar refractivity (Wildman–Crippen MR) is 56.7 cm³/mol. The van der Waals surface area contributed by atoms with Crippen LogP contribution in [0.15, 0.2) is 42.5 Å². The van der Waals surface area contributed by atoms with Crippen molar-refractivity contribution >= 4 is 46.3 Å². The molecule has 2 aromatic rings. The minimum absolute atomic E-state index is 0. The zero-order valence-electron chi connectivity index (χ0n) is 7.90. The summed E-state index contributed by atoms with van der Waals surface area (Å²) in [6, 6.07) is 12.7. The van der Waals surface area contributed by atoms with Crippen molar-refractivity contribution in [2.24, 2.45) is 0 Å². The molecule has 1 radical (unpaired) electrons. The van der Waals surface area contributed by atoms with E-state index in [0.29, 0.717) is 5.56 Å². The van der Waals surface area contributed by atoms with Gasteiger partial charge < -0.3 is 5.11 Å². The summed E-state index contributed by atoms with van der Waals surface area (Å²) in [6.45, 7) is 0. The van der Waals surface area contributed by atoms with Gasteiger partial charge in [0.2, 0.25) is 0 Å². The van der Waals surface area contributed by atoms with E-state index in [-0.39, 0.29) is 29.6 Å². The van der Waals surface area contributed by atoms with Gasteiger partial charge in [0.1, 0.15) is 0 Å². The number of rotatable bonds is 1. The molecule has 2 rings (SSSR count). The molecule has 65 valence electrons. The predicted octanol–water partition coefficient (Wildman–Crippen LogP) is 2.16. The number of carbonyl (C=O) groups is 1. The average molecular weight is 195 g/mol. The summed E-state index contributed by atoms with van der Waals surface area (Å²) in [7, 11) is 0. The van der Waals surface area contributed by atoms with Crippen molar-refractivity contribution in [1.29, 1.82) is 0 Å². The Hall–Kier alpha value is -0.830. The number of benzene rings is 2. The van der Waals surface area contributed by atoms with E-state index >= 15 is 0 Å². The molecule has 0 heterocycles. The van der Waals surface area contributed by atoms with E-state index in [4.69, 9.17) is 5.11 Å². The van der Waals surface area contributed by atoms with Crippen LogP contribution in [0.25, 0.3) is 10.8 Å². The number of aromatic carboxylic acids is 1. The van der Waals surface area contributed by atoms with E-state index in [9.17, 15) is 4.79 Å². The molecule has 1 N–H and O–H groups in total. The van der Waals surface area contributed by atoms with Gasteiger partial charge in [-0.1, -0.05) is 36.4 Å². The van der Waals surface area contributed by atoms with Gasteiger partial charge in [0.05, 0.1) is 5.56 Å². The number of fused-ring (bicyclic) bond motifs is 1. The number of hydrogen-bond donors (Lipinski definition) is 1. The van der Waals surface area contributed by atoms with Crippen LogP contribution in [0.5, 0.6) is 0 Å². The molecular weight excluding hydrogens is 187 g/mol. The zero-order valence-corrected chi connectivity index (χ0v) is 9.90. The van der Waals surface area contributed by atoms with Gasteiger partial charge in [-0.05, 0) is 16.8 Å². The van der Waals surface area contributed by atoms with Gasteiger partial charge in [-0.25, -0.2) is 4.79 Å². The third-order valence-corrected chi connectivity index (χ3v) is 2.02.